The average molecular weight is 310 g/mol. The number of benzene rings is 2. The van der Waals surface area contributed by atoms with E-state index in [0.717, 1.165) is 39.0 Å². The second-order valence-electron chi connectivity index (χ2n) is 6.50. The van der Waals surface area contributed by atoms with Crippen LogP contribution >= 0.6 is 0 Å². The molecule has 1 aliphatic rings. The first kappa shape index (κ1) is 16.0. The molecule has 23 heavy (non-hydrogen) atoms. The molecule has 1 heterocycles. The Morgan fingerprint density at radius 2 is 1.74 bits per heavy atom. The van der Waals surface area contributed by atoms with Gasteiger partial charge in [-0.2, -0.15) is 0 Å². The van der Waals surface area contributed by atoms with E-state index in [2.05, 4.69) is 65.7 Å². The van der Waals surface area contributed by atoms with Crippen LogP contribution in [0.1, 0.15) is 29.5 Å². The zero-order valence-corrected chi connectivity index (χ0v) is 13.8. The summed E-state index contributed by atoms with van der Waals surface area (Å²) in [4.78, 5) is 2.43. The van der Waals surface area contributed by atoms with Crippen molar-refractivity contribution < 1.29 is 5.11 Å². The lowest BCUT2D eigenvalue weighted by Gasteiger charge is -2.30. The lowest BCUT2D eigenvalue weighted by atomic mass is 10.1. The van der Waals surface area contributed by atoms with E-state index in [4.69, 9.17) is 0 Å². The highest BCUT2D eigenvalue weighted by atomic mass is 16.3. The predicted octanol–water partition coefficient (Wildman–Crippen LogP) is 3.56. The van der Waals surface area contributed by atoms with Crippen molar-refractivity contribution >= 4 is 5.69 Å². The molecule has 0 bridgehead atoms. The fraction of sp³-hybridized carbons (Fsp3) is 0.400. The Hall–Kier alpha value is -1.84. The van der Waals surface area contributed by atoms with Crippen LogP contribution in [0.25, 0.3) is 0 Å². The third-order valence-electron chi connectivity index (χ3n) is 4.57. The van der Waals surface area contributed by atoms with Gasteiger partial charge in [0.1, 0.15) is 0 Å². The molecule has 122 valence electrons. The second-order valence-corrected chi connectivity index (χ2v) is 6.50. The molecule has 2 aromatic carbocycles. The number of nitrogens with one attached hydrogen (secondary N) is 1. The van der Waals surface area contributed by atoms with Crippen LogP contribution in [0.15, 0.2) is 48.5 Å². The van der Waals surface area contributed by atoms with Crippen molar-refractivity contribution in [2.75, 3.05) is 18.4 Å². The molecule has 2 aromatic rings. The van der Waals surface area contributed by atoms with Crippen molar-refractivity contribution in [1.29, 1.82) is 0 Å². The minimum atomic E-state index is -0.110. The molecule has 3 rings (SSSR count). The maximum atomic E-state index is 9.64. The Labute approximate surface area is 139 Å². The quantitative estimate of drug-likeness (QED) is 0.886. The lowest BCUT2D eigenvalue weighted by Crippen LogP contribution is -2.35. The number of aliphatic hydroxyl groups excluding tert-OH is 1. The van der Waals surface area contributed by atoms with Gasteiger partial charge in [0.2, 0.25) is 0 Å². The van der Waals surface area contributed by atoms with E-state index in [-0.39, 0.29) is 6.10 Å². The zero-order valence-electron chi connectivity index (χ0n) is 13.8. The predicted molar refractivity (Wildman–Crippen MR) is 95.5 cm³/mol. The highest BCUT2D eigenvalue weighted by molar-refractivity contribution is 5.51. The molecule has 1 fully saturated rings. The van der Waals surface area contributed by atoms with Gasteiger partial charge in [-0.1, -0.05) is 48.0 Å². The van der Waals surface area contributed by atoms with Gasteiger partial charge >= 0.3 is 0 Å². The second kappa shape index (κ2) is 7.62. The number of anilines is 1. The first-order valence-corrected chi connectivity index (χ1v) is 8.48. The number of likely N-dealkylation sites (tertiary alicyclic amines) is 1. The summed E-state index contributed by atoms with van der Waals surface area (Å²) < 4.78 is 0. The highest BCUT2D eigenvalue weighted by Gasteiger charge is 2.17. The molecule has 0 unspecified atom stereocenters. The highest BCUT2D eigenvalue weighted by Crippen LogP contribution is 2.20. The standard InChI is InChI=1S/C20H26N2O/c1-16-6-8-17(9-7-16)14-21-20-5-3-2-4-18(20)15-22-12-10-19(23)11-13-22/h2-9,19,21,23H,10-15H2,1H3. The molecule has 1 aliphatic heterocycles. The van der Waals surface area contributed by atoms with Gasteiger partial charge in [0.25, 0.3) is 0 Å². The van der Waals surface area contributed by atoms with Gasteiger partial charge < -0.3 is 10.4 Å². The van der Waals surface area contributed by atoms with E-state index < -0.39 is 0 Å². The lowest BCUT2D eigenvalue weighted by molar-refractivity contribution is 0.0793. The fourth-order valence-corrected chi connectivity index (χ4v) is 3.05. The van der Waals surface area contributed by atoms with E-state index in [1.807, 2.05) is 0 Å². The molecule has 0 atom stereocenters. The van der Waals surface area contributed by atoms with E-state index in [1.165, 1.54) is 22.4 Å². The van der Waals surface area contributed by atoms with Crippen LogP contribution in [-0.4, -0.2) is 29.2 Å². The molecular formula is C20H26N2O. The van der Waals surface area contributed by atoms with Gasteiger partial charge in [0, 0.05) is 31.9 Å². The summed E-state index contributed by atoms with van der Waals surface area (Å²) >= 11 is 0. The van der Waals surface area contributed by atoms with E-state index in [0.29, 0.717) is 0 Å². The number of hydrogen-bond donors (Lipinski definition) is 2. The maximum Gasteiger partial charge on any atom is 0.0564 e. The van der Waals surface area contributed by atoms with Crippen molar-refractivity contribution in [3.63, 3.8) is 0 Å². The third-order valence-corrected chi connectivity index (χ3v) is 4.57. The Morgan fingerprint density at radius 1 is 1.04 bits per heavy atom. The van der Waals surface area contributed by atoms with Crippen molar-refractivity contribution in [2.24, 2.45) is 0 Å². The number of aryl methyl sites for hydroxylation is 1. The smallest absolute Gasteiger partial charge is 0.0564 e. The van der Waals surface area contributed by atoms with Crippen molar-refractivity contribution in [2.45, 2.75) is 39.0 Å². The summed E-state index contributed by atoms with van der Waals surface area (Å²) in [7, 11) is 0. The zero-order chi connectivity index (χ0) is 16.1. The summed E-state index contributed by atoms with van der Waals surface area (Å²) in [5, 5.41) is 13.2. The molecule has 3 heteroatoms. The van der Waals surface area contributed by atoms with Crippen molar-refractivity contribution in [3.8, 4) is 0 Å². The van der Waals surface area contributed by atoms with Gasteiger partial charge in [-0.25, -0.2) is 0 Å². The molecule has 2 N–H and O–H groups in total. The topological polar surface area (TPSA) is 35.5 Å². The van der Waals surface area contributed by atoms with Crippen molar-refractivity contribution in [1.82, 2.24) is 4.90 Å². The molecule has 1 saturated heterocycles. The summed E-state index contributed by atoms with van der Waals surface area (Å²) in [6, 6.07) is 17.2. The van der Waals surface area contributed by atoms with E-state index in [1.54, 1.807) is 0 Å². The third kappa shape index (κ3) is 4.57. The van der Waals surface area contributed by atoms with E-state index in [9.17, 15) is 5.11 Å². The molecule has 0 amide bonds. The van der Waals surface area contributed by atoms with Gasteiger partial charge in [0.05, 0.1) is 6.10 Å². The van der Waals surface area contributed by atoms with Crippen LogP contribution in [0.4, 0.5) is 5.69 Å². The largest absolute Gasteiger partial charge is 0.393 e. The first-order valence-electron chi connectivity index (χ1n) is 8.48. The van der Waals surface area contributed by atoms with Gasteiger partial charge in [0.15, 0.2) is 0 Å². The summed E-state index contributed by atoms with van der Waals surface area (Å²) in [6.07, 6.45) is 1.67. The van der Waals surface area contributed by atoms with Crippen molar-refractivity contribution in [3.05, 3.63) is 65.2 Å². The molecule has 0 aromatic heterocycles. The van der Waals surface area contributed by atoms with Crippen LogP contribution in [0.3, 0.4) is 0 Å². The minimum Gasteiger partial charge on any atom is -0.393 e. The van der Waals surface area contributed by atoms with Crippen LogP contribution in [0.5, 0.6) is 0 Å². The molecule has 3 nitrogen and oxygen atoms in total. The Morgan fingerprint density at radius 3 is 2.48 bits per heavy atom. The minimum absolute atomic E-state index is 0.110. The summed E-state index contributed by atoms with van der Waals surface area (Å²) in [6.45, 7) is 5.86. The molecule has 0 aliphatic carbocycles. The number of para-hydroxylation sites is 1. The number of nitrogens with zero attached hydrogens (tertiary/aromatic N) is 1. The molecular weight excluding hydrogens is 284 g/mol. The molecule has 0 saturated carbocycles. The van der Waals surface area contributed by atoms with Crippen LogP contribution in [-0.2, 0) is 13.1 Å². The van der Waals surface area contributed by atoms with Gasteiger partial charge in [-0.05, 0) is 37.0 Å². The Bertz CT molecular complexity index is 616. The van der Waals surface area contributed by atoms with E-state index >= 15 is 0 Å². The van der Waals surface area contributed by atoms with Gasteiger partial charge in [-0.3, -0.25) is 4.90 Å². The summed E-state index contributed by atoms with van der Waals surface area (Å²) in [5.74, 6) is 0. The first-order chi connectivity index (χ1) is 11.2. The van der Waals surface area contributed by atoms with Crippen LogP contribution in [0, 0.1) is 6.92 Å². The maximum absolute atomic E-state index is 9.64. The Kier molecular flexibility index (Phi) is 5.31. The summed E-state index contributed by atoms with van der Waals surface area (Å²) in [5.41, 5.74) is 5.13. The fourth-order valence-electron chi connectivity index (χ4n) is 3.05. The Balaban J connectivity index is 1.62. The number of hydrogen-bond acceptors (Lipinski definition) is 3. The normalized spacial score (nSPS) is 16.4. The SMILES string of the molecule is Cc1ccc(CNc2ccccc2CN2CCC(O)CC2)cc1. The average Bonchev–Trinajstić information content (AvgIpc) is 2.58. The van der Waals surface area contributed by atoms with Crippen LogP contribution < -0.4 is 5.32 Å². The molecule has 0 radical (unpaired) electrons. The van der Waals surface area contributed by atoms with Crippen LogP contribution in [0.2, 0.25) is 0 Å². The number of aliphatic hydroxyl groups is 1. The number of piperidine rings is 1. The van der Waals surface area contributed by atoms with Gasteiger partial charge in [-0.15, -0.1) is 0 Å². The number of rotatable bonds is 5. The molecule has 0 spiro atoms. The monoisotopic (exact) mass is 310 g/mol.